The highest BCUT2D eigenvalue weighted by Crippen LogP contribution is 2.23. The molecule has 1 N–H and O–H groups in total. The summed E-state index contributed by atoms with van der Waals surface area (Å²) in [5, 5.41) is 3.82. The molecular weight excluding hydrogens is 246 g/mol. The summed E-state index contributed by atoms with van der Waals surface area (Å²) in [5.41, 5.74) is 0.291. The van der Waals surface area contributed by atoms with Crippen LogP contribution in [0.25, 0.3) is 0 Å². The number of nitrogens with one attached hydrogen (secondary N) is 1. The molecule has 0 bridgehead atoms. The van der Waals surface area contributed by atoms with Gasteiger partial charge in [-0.2, -0.15) is 0 Å². The lowest BCUT2D eigenvalue weighted by Crippen LogP contribution is -2.48. The Morgan fingerprint density at radius 1 is 0.900 bits per heavy atom. The van der Waals surface area contributed by atoms with E-state index >= 15 is 0 Å². The van der Waals surface area contributed by atoms with Crippen LogP contribution in [0.5, 0.6) is 0 Å². The molecular formula is C18H39NO. The van der Waals surface area contributed by atoms with Crippen LogP contribution in [0.15, 0.2) is 0 Å². The van der Waals surface area contributed by atoms with Crippen LogP contribution in [0.3, 0.4) is 0 Å². The van der Waals surface area contributed by atoms with Crippen LogP contribution in [-0.4, -0.2) is 25.3 Å². The minimum absolute atomic E-state index is 0.291. The summed E-state index contributed by atoms with van der Waals surface area (Å²) in [7, 11) is 1.79. The Hall–Kier alpha value is -0.0800. The van der Waals surface area contributed by atoms with E-state index < -0.39 is 0 Å². The highest BCUT2D eigenvalue weighted by molar-refractivity contribution is 4.85. The van der Waals surface area contributed by atoms with Gasteiger partial charge in [-0.3, -0.25) is 0 Å². The molecule has 122 valence electrons. The molecule has 0 saturated heterocycles. The van der Waals surface area contributed by atoms with Gasteiger partial charge in [0.15, 0.2) is 0 Å². The summed E-state index contributed by atoms with van der Waals surface area (Å²) in [4.78, 5) is 0. The number of rotatable bonds is 14. The Kier molecular flexibility index (Phi) is 12.6. The molecule has 0 aromatic rings. The quantitative estimate of drug-likeness (QED) is 0.437. The predicted octanol–water partition coefficient (Wildman–Crippen LogP) is 5.31. The van der Waals surface area contributed by atoms with Gasteiger partial charge in [-0.25, -0.2) is 0 Å². The summed E-state index contributed by atoms with van der Waals surface area (Å²) in [5.74, 6) is 0. The molecule has 0 spiro atoms. The fraction of sp³-hybridized carbons (Fsp3) is 1.00. The fourth-order valence-corrected chi connectivity index (χ4v) is 3.04. The standard InChI is InChI=1S/C18H39NO/c1-6-8-10-12-14-18(4,15-13-11-9-7-2)19-17(3)16-20-5/h17,19H,6-16H2,1-5H3. The lowest BCUT2D eigenvalue weighted by molar-refractivity contribution is 0.146. The lowest BCUT2D eigenvalue weighted by atomic mass is 9.87. The molecule has 0 fully saturated rings. The zero-order chi connectivity index (χ0) is 15.3. The molecule has 0 saturated carbocycles. The SMILES string of the molecule is CCCCCCC(C)(CCCCCC)NC(C)COC. The molecule has 2 heteroatoms. The van der Waals surface area contributed by atoms with Crippen molar-refractivity contribution in [3.05, 3.63) is 0 Å². The van der Waals surface area contributed by atoms with Gasteiger partial charge in [-0.15, -0.1) is 0 Å². The maximum atomic E-state index is 5.27. The van der Waals surface area contributed by atoms with E-state index in [1.807, 2.05) is 0 Å². The van der Waals surface area contributed by atoms with Crippen LogP contribution in [-0.2, 0) is 4.74 Å². The smallest absolute Gasteiger partial charge is 0.0613 e. The average Bonchev–Trinajstić information content (AvgIpc) is 2.40. The van der Waals surface area contributed by atoms with Gasteiger partial charge in [-0.05, 0) is 26.7 Å². The Morgan fingerprint density at radius 3 is 1.80 bits per heavy atom. The molecule has 1 unspecified atom stereocenters. The zero-order valence-electron chi connectivity index (χ0n) is 14.8. The van der Waals surface area contributed by atoms with Gasteiger partial charge in [0.25, 0.3) is 0 Å². The minimum Gasteiger partial charge on any atom is -0.383 e. The Labute approximate surface area is 128 Å². The van der Waals surface area contributed by atoms with Crippen molar-refractivity contribution >= 4 is 0 Å². The lowest BCUT2D eigenvalue weighted by Gasteiger charge is -2.34. The van der Waals surface area contributed by atoms with E-state index in [1.165, 1.54) is 64.2 Å². The van der Waals surface area contributed by atoms with E-state index in [2.05, 4.69) is 33.0 Å². The first-order valence-electron chi connectivity index (χ1n) is 8.84. The van der Waals surface area contributed by atoms with Crippen LogP contribution < -0.4 is 5.32 Å². The van der Waals surface area contributed by atoms with Crippen molar-refractivity contribution in [1.29, 1.82) is 0 Å². The molecule has 0 heterocycles. The first kappa shape index (κ1) is 19.9. The Balaban J connectivity index is 4.18. The van der Waals surface area contributed by atoms with Crippen LogP contribution >= 0.6 is 0 Å². The van der Waals surface area contributed by atoms with E-state index in [0.29, 0.717) is 11.6 Å². The normalized spacial score (nSPS) is 13.7. The van der Waals surface area contributed by atoms with E-state index in [4.69, 9.17) is 4.74 Å². The molecule has 0 aromatic heterocycles. The third-order valence-corrected chi connectivity index (χ3v) is 4.18. The van der Waals surface area contributed by atoms with Crippen molar-refractivity contribution in [2.45, 2.75) is 103 Å². The number of ether oxygens (including phenoxy) is 1. The van der Waals surface area contributed by atoms with Gasteiger partial charge in [0.05, 0.1) is 6.61 Å². The van der Waals surface area contributed by atoms with Crippen molar-refractivity contribution < 1.29 is 4.74 Å². The van der Waals surface area contributed by atoms with E-state index in [0.717, 1.165) is 6.61 Å². The van der Waals surface area contributed by atoms with E-state index in [9.17, 15) is 0 Å². The first-order valence-corrected chi connectivity index (χ1v) is 8.84. The molecule has 0 aromatic carbocycles. The van der Waals surface area contributed by atoms with Crippen molar-refractivity contribution in [3.8, 4) is 0 Å². The topological polar surface area (TPSA) is 21.3 Å². The predicted molar refractivity (Wildman–Crippen MR) is 90.4 cm³/mol. The summed E-state index contributed by atoms with van der Waals surface area (Å²) in [6, 6.07) is 0.447. The highest BCUT2D eigenvalue weighted by atomic mass is 16.5. The minimum atomic E-state index is 0.291. The summed E-state index contributed by atoms with van der Waals surface area (Å²) < 4.78 is 5.27. The van der Waals surface area contributed by atoms with Crippen LogP contribution in [0, 0.1) is 0 Å². The van der Waals surface area contributed by atoms with Gasteiger partial charge in [0, 0.05) is 18.7 Å². The second kappa shape index (κ2) is 12.6. The maximum absolute atomic E-state index is 5.27. The van der Waals surface area contributed by atoms with Crippen molar-refractivity contribution in [1.82, 2.24) is 5.32 Å². The van der Waals surface area contributed by atoms with Crippen LogP contribution in [0.4, 0.5) is 0 Å². The molecule has 0 radical (unpaired) electrons. The maximum Gasteiger partial charge on any atom is 0.0613 e. The molecule has 20 heavy (non-hydrogen) atoms. The molecule has 1 atom stereocenters. The van der Waals surface area contributed by atoms with Crippen LogP contribution in [0.1, 0.15) is 91.9 Å². The Morgan fingerprint density at radius 2 is 1.40 bits per heavy atom. The number of methoxy groups -OCH3 is 1. The largest absolute Gasteiger partial charge is 0.383 e. The fourth-order valence-electron chi connectivity index (χ4n) is 3.04. The van der Waals surface area contributed by atoms with Gasteiger partial charge in [0.2, 0.25) is 0 Å². The van der Waals surface area contributed by atoms with E-state index in [1.54, 1.807) is 7.11 Å². The van der Waals surface area contributed by atoms with Crippen molar-refractivity contribution in [2.24, 2.45) is 0 Å². The van der Waals surface area contributed by atoms with E-state index in [-0.39, 0.29) is 0 Å². The third-order valence-electron chi connectivity index (χ3n) is 4.18. The molecule has 0 aliphatic rings. The summed E-state index contributed by atoms with van der Waals surface area (Å²) in [6.07, 6.45) is 13.4. The van der Waals surface area contributed by atoms with Gasteiger partial charge < -0.3 is 10.1 Å². The molecule has 0 aliphatic heterocycles. The van der Waals surface area contributed by atoms with Crippen molar-refractivity contribution in [3.63, 3.8) is 0 Å². The Bertz CT molecular complexity index is 194. The van der Waals surface area contributed by atoms with Crippen molar-refractivity contribution in [2.75, 3.05) is 13.7 Å². The first-order chi connectivity index (χ1) is 9.58. The summed E-state index contributed by atoms with van der Waals surface area (Å²) >= 11 is 0. The van der Waals surface area contributed by atoms with Gasteiger partial charge >= 0.3 is 0 Å². The summed E-state index contributed by atoms with van der Waals surface area (Å²) in [6.45, 7) is 10.0. The molecule has 0 rings (SSSR count). The second-order valence-electron chi connectivity index (χ2n) is 6.68. The molecule has 0 amide bonds. The van der Waals surface area contributed by atoms with Gasteiger partial charge in [-0.1, -0.05) is 65.2 Å². The molecule has 0 aliphatic carbocycles. The van der Waals surface area contributed by atoms with Gasteiger partial charge in [0.1, 0.15) is 0 Å². The average molecular weight is 286 g/mol. The monoisotopic (exact) mass is 285 g/mol. The zero-order valence-corrected chi connectivity index (χ0v) is 14.8. The molecule has 2 nitrogen and oxygen atoms in total. The second-order valence-corrected chi connectivity index (χ2v) is 6.68. The number of unbranched alkanes of at least 4 members (excludes halogenated alkanes) is 6. The number of hydrogen-bond donors (Lipinski definition) is 1. The highest BCUT2D eigenvalue weighted by Gasteiger charge is 2.24. The third kappa shape index (κ3) is 10.7. The number of hydrogen-bond acceptors (Lipinski definition) is 2. The van der Waals surface area contributed by atoms with Crippen LogP contribution in [0.2, 0.25) is 0 Å².